The number of anilines is 1. The zero-order chi connectivity index (χ0) is 32.5. The van der Waals surface area contributed by atoms with Crippen molar-refractivity contribution in [2.24, 2.45) is 17.6 Å². The van der Waals surface area contributed by atoms with Gasteiger partial charge in [0.15, 0.2) is 11.4 Å². The number of benzene rings is 1. The van der Waals surface area contributed by atoms with Crippen LogP contribution in [-0.2, 0) is 27.3 Å². The van der Waals surface area contributed by atoms with Crippen LogP contribution in [0.15, 0.2) is 23.0 Å². The van der Waals surface area contributed by atoms with Crippen LogP contribution in [0, 0.1) is 11.8 Å². The molecule has 3 aliphatic carbocycles. The van der Waals surface area contributed by atoms with Crippen molar-refractivity contribution in [3.05, 3.63) is 39.7 Å². The summed E-state index contributed by atoms with van der Waals surface area (Å²) < 4.78 is 39.1. The average molecular weight is 611 g/mol. The molecule has 1 saturated carbocycles. The zero-order valence-corrected chi connectivity index (χ0v) is 24.8. The fourth-order valence-corrected chi connectivity index (χ4v) is 6.78. The third-order valence-corrected chi connectivity index (χ3v) is 8.96. The van der Waals surface area contributed by atoms with Crippen molar-refractivity contribution < 1.29 is 48.0 Å². The number of aliphatic hydroxyl groups excluding tert-OH is 2. The van der Waals surface area contributed by atoms with E-state index >= 15 is 0 Å². The lowest BCUT2D eigenvalue weighted by molar-refractivity contribution is -0.153. The topological polar surface area (TPSA) is 168 Å². The lowest BCUT2D eigenvalue weighted by atomic mass is 9.57. The first-order valence-corrected chi connectivity index (χ1v) is 13.7. The summed E-state index contributed by atoms with van der Waals surface area (Å²) in [5, 5.41) is 45.7. The highest BCUT2D eigenvalue weighted by atomic mass is 19.4. The summed E-state index contributed by atoms with van der Waals surface area (Å²) in [4.78, 5) is 44.0. The number of amides is 1. The largest absolute Gasteiger partial charge is 0.508 e. The number of carbonyl (C=O) groups excluding carboxylic acids is 3. The normalized spacial score (nSPS) is 26.5. The molecule has 43 heavy (non-hydrogen) atoms. The van der Waals surface area contributed by atoms with Gasteiger partial charge in [0, 0.05) is 49.4 Å². The molecule has 4 rings (SSSR count). The van der Waals surface area contributed by atoms with Crippen LogP contribution >= 0.6 is 0 Å². The number of fused-ring (bicyclic) bond motifs is 3. The molecular formula is C29H37F3N4O7. The number of rotatable bonds is 7. The van der Waals surface area contributed by atoms with Crippen molar-refractivity contribution in [3.8, 4) is 5.75 Å². The highest BCUT2D eigenvalue weighted by molar-refractivity contribution is 6.24. The number of aromatic hydroxyl groups is 1. The first kappa shape index (κ1) is 32.3. The van der Waals surface area contributed by atoms with E-state index in [0.29, 0.717) is 11.3 Å². The predicted molar refractivity (Wildman–Crippen MR) is 150 cm³/mol. The van der Waals surface area contributed by atoms with Crippen LogP contribution in [0.3, 0.4) is 0 Å². The third-order valence-electron chi connectivity index (χ3n) is 8.96. The number of Topliss-reactive ketones (excluding diaryl/α,β-unsaturated/α-hetero) is 2. The van der Waals surface area contributed by atoms with E-state index in [0.717, 1.165) is 0 Å². The van der Waals surface area contributed by atoms with E-state index in [4.69, 9.17) is 5.73 Å². The summed E-state index contributed by atoms with van der Waals surface area (Å²) >= 11 is 0. The fourth-order valence-electron chi connectivity index (χ4n) is 6.78. The van der Waals surface area contributed by atoms with Crippen LogP contribution in [-0.4, -0.2) is 107 Å². The van der Waals surface area contributed by atoms with Crippen LogP contribution in [0.2, 0.25) is 0 Å². The average Bonchev–Trinajstić information content (AvgIpc) is 2.86. The van der Waals surface area contributed by atoms with Gasteiger partial charge in [-0.15, -0.1) is 0 Å². The van der Waals surface area contributed by atoms with Gasteiger partial charge in [0.2, 0.25) is 5.78 Å². The minimum absolute atomic E-state index is 0.0567. The molecular weight excluding hydrogens is 573 g/mol. The molecule has 11 nitrogen and oxygen atoms in total. The Balaban J connectivity index is 1.90. The van der Waals surface area contributed by atoms with Crippen molar-refractivity contribution in [1.82, 2.24) is 9.80 Å². The molecule has 1 fully saturated rings. The SMILES string of the molecule is CC(CC(F)(F)F)N(C)Cc1cc(N(C)C)c2c(c1O)C(O)=C1C(=O)[C@@]3(O)C(O)=C(C(N)=O)C(=O)[C@H](N(C)C)[C@H]3C[C@H]1C2. The van der Waals surface area contributed by atoms with Gasteiger partial charge in [0.25, 0.3) is 5.91 Å². The van der Waals surface area contributed by atoms with Crippen LogP contribution in [0.5, 0.6) is 5.75 Å². The van der Waals surface area contributed by atoms with Gasteiger partial charge < -0.3 is 31.1 Å². The van der Waals surface area contributed by atoms with Gasteiger partial charge in [-0.1, -0.05) is 0 Å². The molecule has 0 spiro atoms. The molecule has 1 aromatic rings. The van der Waals surface area contributed by atoms with Crippen LogP contribution in [0.4, 0.5) is 18.9 Å². The van der Waals surface area contributed by atoms with Crippen LogP contribution in [0.1, 0.15) is 36.5 Å². The van der Waals surface area contributed by atoms with Crippen molar-refractivity contribution in [3.63, 3.8) is 0 Å². The Kier molecular flexibility index (Phi) is 8.13. The number of hydrogen-bond donors (Lipinski definition) is 5. The van der Waals surface area contributed by atoms with E-state index in [1.54, 1.807) is 25.1 Å². The van der Waals surface area contributed by atoms with E-state index in [-0.39, 0.29) is 36.1 Å². The van der Waals surface area contributed by atoms with Gasteiger partial charge in [-0.3, -0.25) is 24.2 Å². The van der Waals surface area contributed by atoms with Crippen LogP contribution in [0.25, 0.3) is 5.76 Å². The van der Waals surface area contributed by atoms with Gasteiger partial charge in [-0.2, -0.15) is 13.2 Å². The predicted octanol–water partition coefficient (Wildman–Crippen LogP) is 1.80. The Labute approximate surface area is 246 Å². The molecule has 0 bridgehead atoms. The molecule has 0 aromatic heterocycles. The number of primary amides is 1. The second-order valence-electron chi connectivity index (χ2n) is 12.2. The first-order valence-electron chi connectivity index (χ1n) is 13.7. The van der Waals surface area contributed by atoms with E-state index in [1.165, 1.54) is 37.9 Å². The number of ketones is 2. The molecule has 3 aliphatic rings. The lowest BCUT2D eigenvalue weighted by Gasteiger charge is -2.50. The van der Waals surface area contributed by atoms with E-state index in [9.17, 15) is 48.0 Å². The fraction of sp³-hybridized carbons (Fsp3) is 0.552. The number of phenolic OH excluding ortho intramolecular Hbond substituents is 1. The molecule has 236 valence electrons. The quantitative estimate of drug-likeness (QED) is 0.287. The third kappa shape index (κ3) is 5.14. The summed E-state index contributed by atoms with van der Waals surface area (Å²) in [6, 6.07) is -0.519. The highest BCUT2D eigenvalue weighted by Gasteiger charge is 2.64. The molecule has 1 unspecified atom stereocenters. The zero-order valence-electron chi connectivity index (χ0n) is 24.8. The molecule has 6 N–H and O–H groups in total. The van der Waals surface area contributed by atoms with Crippen molar-refractivity contribution >= 4 is 28.9 Å². The maximum absolute atomic E-state index is 14.1. The number of carbonyl (C=O) groups is 3. The molecule has 0 aliphatic heterocycles. The molecule has 14 heteroatoms. The smallest absolute Gasteiger partial charge is 0.390 e. The summed E-state index contributed by atoms with van der Waals surface area (Å²) in [5.41, 5.74) is 2.46. The summed E-state index contributed by atoms with van der Waals surface area (Å²) in [6.45, 7) is 1.27. The lowest BCUT2D eigenvalue weighted by Crippen LogP contribution is -2.65. The minimum Gasteiger partial charge on any atom is -0.508 e. The van der Waals surface area contributed by atoms with E-state index < -0.39 is 82.4 Å². The van der Waals surface area contributed by atoms with Crippen LogP contribution < -0.4 is 10.6 Å². The number of likely N-dealkylation sites (N-methyl/N-ethyl adjacent to an activating group) is 1. The van der Waals surface area contributed by atoms with E-state index in [1.807, 2.05) is 0 Å². The molecule has 0 radical (unpaired) electrons. The van der Waals surface area contributed by atoms with Gasteiger partial charge >= 0.3 is 6.18 Å². The summed E-state index contributed by atoms with van der Waals surface area (Å²) in [5.74, 6) is -7.55. The number of aliphatic hydroxyl groups is 3. The molecule has 1 aromatic carbocycles. The number of halogens is 3. The Morgan fingerprint density at radius 1 is 1.14 bits per heavy atom. The van der Waals surface area contributed by atoms with Crippen molar-refractivity contribution in [2.45, 2.75) is 56.6 Å². The Bertz CT molecular complexity index is 1450. The molecule has 1 amide bonds. The maximum Gasteiger partial charge on any atom is 0.390 e. The van der Waals surface area contributed by atoms with Gasteiger partial charge in [-0.05, 0) is 58.5 Å². The second-order valence-corrected chi connectivity index (χ2v) is 12.2. The standard InChI is InChI=1S/C29H37F3N4O7/c1-12(10-28(30,31)32)36(6)11-14-9-17(34(2)3)15-7-13-8-16-21(35(4)5)24(39)20(27(33)42)26(41)29(16,43)25(40)18(13)23(38)19(15)22(14)37/h9,12-13,16,21,37-38,41,43H,7-8,10-11H2,1-6H3,(H2,33,42)/t12?,13-,16-,21-,29-/m1/s1. The van der Waals surface area contributed by atoms with Gasteiger partial charge in [0.05, 0.1) is 18.0 Å². The minimum atomic E-state index is -4.40. The molecule has 0 heterocycles. The summed E-state index contributed by atoms with van der Waals surface area (Å²) in [6.07, 6.45) is -5.45. The van der Waals surface area contributed by atoms with E-state index in [2.05, 4.69) is 0 Å². The Hall–Kier alpha value is -3.62. The van der Waals surface area contributed by atoms with Gasteiger partial charge in [-0.25, -0.2) is 0 Å². The first-order chi connectivity index (χ1) is 19.7. The van der Waals surface area contributed by atoms with Crippen molar-refractivity contribution in [2.75, 3.05) is 40.1 Å². The second kappa shape index (κ2) is 10.8. The van der Waals surface area contributed by atoms with Gasteiger partial charge in [0.1, 0.15) is 22.8 Å². The monoisotopic (exact) mass is 610 g/mol. The van der Waals surface area contributed by atoms with Crippen molar-refractivity contribution in [1.29, 1.82) is 0 Å². The maximum atomic E-state index is 14.1. The highest BCUT2D eigenvalue weighted by Crippen LogP contribution is 2.54. The Morgan fingerprint density at radius 2 is 1.74 bits per heavy atom. The number of alkyl halides is 3. The summed E-state index contributed by atoms with van der Waals surface area (Å²) in [7, 11) is 7.93. The number of nitrogens with two attached hydrogens (primary N) is 1. The number of phenols is 1. The number of nitrogens with zero attached hydrogens (tertiary/aromatic N) is 3. The molecule has 5 atom stereocenters. The molecule has 0 saturated heterocycles. The Morgan fingerprint density at radius 3 is 2.26 bits per heavy atom. The number of hydrogen-bond acceptors (Lipinski definition) is 10.